The van der Waals surface area contributed by atoms with E-state index in [1.165, 1.54) is 16.8 Å². The van der Waals surface area contributed by atoms with Crippen molar-refractivity contribution in [3.63, 3.8) is 0 Å². The maximum absolute atomic E-state index is 12.3. The molecule has 0 saturated carbocycles. The molecule has 3 N–H and O–H groups in total. The highest BCUT2D eigenvalue weighted by molar-refractivity contribution is 8.23. The van der Waals surface area contributed by atoms with Gasteiger partial charge in [0, 0.05) is 21.3 Å². The Morgan fingerprint density at radius 3 is 2.60 bits per heavy atom. The highest BCUT2D eigenvalue weighted by Gasteiger charge is 2.45. The van der Waals surface area contributed by atoms with Crippen LogP contribution in [0, 0.1) is 0 Å². The van der Waals surface area contributed by atoms with Crippen LogP contribution in [0.25, 0.3) is 0 Å². The second-order valence-electron chi connectivity index (χ2n) is 5.29. The van der Waals surface area contributed by atoms with Crippen LogP contribution < -0.4 is 10.7 Å². The standard InChI is InChI=1S/C16H13Cl2N3O2S2/c17-11-6-4-10(5-7-11)16(23)9-25-15(24)21(16)20-14(22)19-13-3-1-2-12(18)8-13/h1-8,23H,9H2,(H2,19,20,22). The van der Waals surface area contributed by atoms with Gasteiger partial charge in [0.15, 0.2) is 10.0 Å². The number of aliphatic hydroxyl groups is 1. The number of nitrogens with one attached hydrogen (secondary N) is 2. The fourth-order valence-electron chi connectivity index (χ4n) is 2.34. The number of thioether (sulfide) groups is 1. The van der Waals surface area contributed by atoms with E-state index in [2.05, 4.69) is 10.7 Å². The Kier molecular flexibility index (Phi) is 5.41. The van der Waals surface area contributed by atoms with E-state index in [1.54, 1.807) is 48.5 Å². The molecule has 1 heterocycles. The molecule has 130 valence electrons. The molecule has 25 heavy (non-hydrogen) atoms. The predicted octanol–water partition coefficient (Wildman–Crippen LogP) is 4.21. The molecule has 0 radical (unpaired) electrons. The van der Waals surface area contributed by atoms with Gasteiger partial charge in [0.05, 0.1) is 5.75 Å². The first-order chi connectivity index (χ1) is 11.9. The van der Waals surface area contributed by atoms with Gasteiger partial charge in [-0.1, -0.05) is 65.4 Å². The van der Waals surface area contributed by atoms with Crippen LogP contribution in [0.2, 0.25) is 10.0 Å². The van der Waals surface area contributed by atoms with Crippen LogP contribution in [0.4, 0.5) is 10.5 Å². The van der Waals surface area contributed by atoms with E-state index >= 15 is 0 Å². The van der Waals surface area contributed by atoms with Gasteiger partial charge in [0.2, 0.25) is 0 Å². The zero-order valence-electron chi connectivity index (χ0n) is 12.7. The number of hydrogen-bond donors (Lipinski definition) is 3. The van der Waals surface area contributed by atoms with Gasteiger partial charge < -0.3 is 10.4 Å². The van der Waals surface area contributed by atoms with Crippen molar-refractivity contribution in [3.05, 3.63) is 64.1 Å². The van der Waals surface area contributed by atoms with Crippen LogP contribution in [0.15, 0.2) is 48.5 Å². The SMILES string of the molecule is O=C(Nc1cccc(Cl)c1)NN1C(=S)SCC1(O)c1ccc(Cl)cc1. The van der Waals surface area contributed by atoms with Gasteiger partial charge in [-0.05, 0) is 30.3 Å². The van der Waals surface area contributed by atoms with Crippen LogP contribution >= 0.6 is 47.2 Å². The number of amides is 2. The molecule has 2 amide bonds. The second kappa shape index (κ2) is 7.39. The third-order valence-electron chi connectivity index (χ3n) is 3.55. The van der Waals surface area contributed by atoms with Crippen molar-refractivity contribution in [1.82, 2.24) is 10.4 Å². The van der Waals surface area contributed by atoms with Crippen LogP contribution in [-0.4, -0.2) is 26.2 Å². The molecule has 0 aliphatic carbocycles. The lowest BCUT2D eigenvalue weighted by atomic mass is 10.0. The summed E-state index contributed by atoms with van der Waals surface area (Å²) in [6, 6.07) is 12.9. The number of carbonyl (C=O) groups is 1. The highest BCUT2D eigenvalue weighted by Crippen LogP contribution is 2.38. The molecule has 0 aromatic heterocycles. The average molecular weight is 414 g/mol. The summed E-state index contributed by atoms with van der Waals surface area (Å²) in [7, 11) is 0. The first-order valence-corrected chi connectivity index (χ1v) is 9.32. The summed E-state index contributed by atoms with van der Waals surface area (Å²) in [5.41, 5.74) is 2.24. The van der Waals surface area contributed by atoms with Gasteiger partial charge >= 0.3 is 6.03 Å². The number of benzene rings is 2. The minimum atomic E-state index is -1.46. The lowest BCUT2D eigenvalue weighted by molar-refractivity contribution is -0.0633. The van der Waals surface area contributed by atoms with E-state index in [4.69, 9.17) is 35.4 Å². The smallest absolute Gasteiger partial charge is 0.338 e. The molecular weight excluding hydrogens is 401 g/mol. The third-order valence-corrected chi connectivity index (χ3v) is 5.55. The van der Waals surface area contributed by atoms with E-state index in [9.17, 15) is 9.90 Å². The van der Waals surface area contributed by atoms with Crippen molar-refractivity contribution in [2.45, 2.75) is 5.72 Å². The Morgan fingerprint density at radius 1 is 1.20 bits per heavy atom. The molecule has 0 spiro atoms. The largest absolute Gasteiger partial charge is 0.365 e. The molecule has 2 aromatic rings. The first kappa shape index (κ1) is 18.3. The molecule has 1 saturated heterocycles. The third kappa shape index (κ3) is 4.02. The van der Waals surface area contributed by atoms with E-state index in [0.29, 0.717) is 25.6 Å². The summed E-state index contributed by atoms with van der Waals surface area (Å²) in [4.78, 5) is 12.3. The zero-order chi connectivity index (χ0) is 18.0. The molecule has 1 atom stereocenters. The summed E-state index contributed by atoms with van der Waals surface area (Å²) in [5.74, 6) is 0.283. The Bertz CT molecular complexity index is 819. The van der Waals surface area contributed by atoms with E-state index in [-0.39, 0.29) is 5.75 Å². The van der Waals surface area contributed by atoms with Gasteiger partial charge in [-0.15, -0.1) is 0 Å². The molecule has 9 heteroatoms. The Balaban J connectivity index is 1.78. The fourth-order valence-corrected chi connectivity index (χ4v) is 3.97. The van der Waals surface area contributed by atoms with E-state index < -0.39 is 11.8 Å². The zero-order valence-corrected chi connectivity index (χ0v) is 15.8. The summed E-state index contributed by atoms with van der Waals surface area (Å²) in [5, 5.41) is 16.0. The Hall–Kier alpha value is -1.51. The van der Waals surface area contributed by atoms with Gasteiger partial charge in [0.25, 0.3) is 0 Å². The minimum Gasteiger partial charge on any atom is -0.365 e. The maximum Gasteiger partial charge on any atom is 0.338 e. The molecule has 5 nitrogen and oxygen atoms in total. The van der Waals surface area contributed by atoms with Gasteiger partial charge in [-0.3, -0.25) is 0 Å². The number of urea groups is 1. The van der Waals surface area contributed by atoms with Crippen molar-refractivity contribution in [2.24, 2.45) is 0 Å². The number of nitrogens with zero attached hydrogens (tertiary/aromatic N) is 1. The molecule has 1 aliphatic heterocycles. The van der Waals surface area contributed by atoms with Crippen molar-refractivity contribution in [1.29, 1.82) is 0 Å². The summed E-state index contributed by atoms with van der Waals surface area (Å²) < 4.78 is 0.360. The summed E-state index contributed by atoms with van der Waals surface area (Å²) >= 11 is 18.3. The highest BCUT2D eigenvalue weighted by atomic mass is 35.5. The van der Waals surface area contributed by atoms with Crippen molar-refractivity contribution in [2.75, 3.05) is 11.1 Å². The quantitative estimate of drug-likeness (QED) is 0.657. The maximum atomic E-state index is 12.3. The number of anilines is 1. The summed E-state index contributed by atoms with van der Waals surface area (Å²) in [6.45, 7) is 0. The van der Waals surface area contributed by atoms with Crippen LogP contribution in [0.3, 0.4) is 0 Å². The van der Waals surface area contributed by atoms with Gasteiger partial charge in [0.1, 0.15) is 0 Å². The number of hydrogen-bond acceptors (Lipinski definition) is 4. The minimum absolute atomic E-state index is 0.283. The molecule has 3 rings (SSSR count). The van der Waals surface area contributed by atoms with E-state index in [1.807, 2.05) is 0 Å². The number of hydrazine groups is 1. The number of thiocarbonyl (C=S) groups is 1. The number of halogens is 2. The normalized spacial score (nSPS) is 19.8. The van der Waals surface area contributed by atoms with Crippen LogP contribution in [0.5, 0.6) is 0 Å². The first-order valence-electron chi connectivity index (χ1n) is 7.17. The summed E-state index contributed by atoms with van der Waals surface area (Å²) in [6.07, 6.45) is 0. The lowest BCUT2D eigenvalue weighted by Gasteiger charge is -2.34. The van der Waals surface area contributed by atoms with Crippen molar-refractivity contribution in [3.8, 4) is 0 Å². The topological polar surface area (TPSA) is 64.6 Å². The monoisotopic (exact) mass is 413 g/mol. The predicted molar refractivity (Wildman–Crippen MR) is 106 cm³/mol. The van der Waals surface area contributed by atoms with Crippen molar-refractivity contribution >= 4 is 63.2 Å². The Labute approximate surface area is 164 Å². The lowest BCUT2D eigenvalue weighted by Crippen LogP contribution is -2.55. The number of rotatable bonds is 3. The molecule has 2 aromatic carbocycles. The molecular formula is C16H13Cl2N3O2S2. The second-order valence-corrected chi connectivity index (χ2v) is 7.77. The molecule has 1 fully saturated rings. The van der Waals surface area contributed by atoms with Crippen LogP contribution in [-0.2, 0) is 5.72 Å². The van der Waals surface area contributed by atoms with Gasteiger partial charge in [-0.2, -0.15) is 0 Å². The van der Waals surface area contributed by atoms with Gasteiger partial charge in [-0.25, -0.2) is 15.2 Å². The van der Waals surface area contributed by atoms with Crippen molar-refractivity contribution < 1.29 is 9.90 Å². The fraction of sp³-hybridized carbons (Fsp3) is 0.125. The molecule has 1 unspecified atom stereocenters. The number of carbonyl (C=O) groups excluding carboxylic acids is 1. The van der Waals surface area contributed by atoms with E-state index in [0.717, 1.165) is 0 Å². The Morgan fingerprint density at radius 2 is 1.92 bits per heavy atom. The average Bonchev–Trinajstić information content (AvgIpc) is 2.85. The molecule has 0 bridgehead atoms. The van der Waals surface area contributed by atoms with Crippen LogP contribution in [0.1, 0.15) is 5.56 Å². The molecule has 1 aliphatic rings.